The van der Waals surface area contributed by atoms with Crippen molar-refractivity contribution in [3.05, 3.63) is 81.5 Å². The molecule has 0 saturated carbocycles. The second kappa shape index (κ2) is 7.23. The molecule has 3 aromatic carbocycles. The Hall–Kier alpha value is -3.54. The average Bonchev–Trinajstić information content (AvgIpc) is 2.73. The molecule has 0 N–H and O–H groups in total. The van der Waals surface area contributed by atoms with E-state index in [0.717, 1.165) is 16.3 Å². The van der Waals surface area contributed by atoms with Crippen LogP contribution in [0.15, 0.2) is 60.3 Å². The van der Waals surface area contributed by atoms with Gasteiger partial charge >= 0.3 is 0 Å². The van der Waals surface area contributed by atoms with Gasteiger partial charge in [0.2, 0.25) is 6.10 Å². The third-order valence-corrected chi connectivity index (χ3v) is 4.74. The molecule has 0 spiro atoms. The number of ether oxygens (including phenoxy) is 3. The highest BCUT2D eigenvalue weighted by molar-refractivity contribution is 5.93. The van der Waals surface area contributed by atoms with Crippen LogP contribution in [0.5, 0.6) is 17.2 Å². The molecule has 0 saturated heterocycles. The van der Waals surface area contributed by atoms with Crippen LogP contribution in [-0.4, -0.2) is 18.6 Å². The van der Waals surface area contributed by atoms with Crippen molar-refractivity contribution < 1.29 is 19.1 Å². The Morgan fingerprint density at radius 1 is 1.11 bits per heavy atom. The lowest BCUT2D eigenvalue weighted by atomic mass is 9.97. The van der Waals surface area contributed by atoms with E-state index in [1.54, 1.807) is 24.3 Å². The molecule has 1 atom stereocenters. The largest absolute Gasteiger partial charge is 0.493 e. The lowest BCUT2D eigenvalue weighted by molar-refractivity contribution is -0.434. The average molecular weight is 377 g/mol. The zero-order chi connectivity index (χ0) is 19.7. The van der Waals surface area contributed by atoms with Crippen LogP contribution >= 0.6 is 0 Å². The highest BCUT2D eigenvalue weighted by Crippen LogP contribution is 2.42. The number of hydrogen-bond donors (Lipinski definition) is 0. The summed E-state index contributed by atoms with van der Waals surface area (Å²) in [6.07, 6.45) is 0.766. The summed E-state index contributed by atoms with van der Waals surface area (Å²) in [6, 6.07) is 16.8. The van der Waals surface area contributed by atoms with Gasteiger partial charge in [-0.25, -0.2) is 0 Å². The van der Waals surface area contributed by atoms with E-state index in [1.165, 1.54) is 7.11 Å². The van der Waals surface area contributed by atoms with E-state index in [0.29, 0.717) is 29.4 Å². The molecule has 1 aliphatic heterocycles. The normalized spacial score (nSPS) is 15.4. The van der Waals surface area contributed by atoms with Gasteiger partial charge in [-0.3, -0.25) is 10.1 Å². The van der Waals surface area contributed by atoms with Crippen LogP contribution in [0.4, 0.5) is 0 Å². The molecule has 0 unspecified atom stereocenters. The molecule has 0 aromatic heterocycles. The summed E-state index contributed by atoms with van der Waals surface area (Å²) in [4.78, 5) is 11.4. The third kappa shape index (κ3) is 3.03. The van der Waals surface area contributed by atoms with Crippen molar-refractivity contribution in [3.63, 3.8) is 0 Å². The van der Waals surface area contributed by atoms with Crippen molar-refractivity contribution in [1.82, 2.24) is 0 Å². The smallest absolute Gasteiger partial charge is 0.291 e. The topological polar surface area (TPSA) is 70.8 Å². The first-order valence-electron chi connectivity index (χ1n) is 8.97. The van der Waals surface area contributed by atoms with Gasteiger partial charge in [-0.15, -0.1) is 0 Å². The van der Waals surface area contributed by atoms with Gasteiger partial charge in [0, 0.05) is 17.2 Å². The van der Waals surface area contributed by atoms with Crippen LogP contribution in [0.1, 0.15) is 24.2 Å². The van der Waals surface area contributed by atoms with Gasteiger partial charge in [0.05, 0.1) is 18.6 Å². The van der Waals surface area contributed by atoms with Crippen molar-refractivity contribution in [2.24, 2.45) is 0 Å². The summed E-state index contributed by atoms with van der Waals surface area (Å²) in [6.45, 7) is 2.38. The van der Waals surface area contributed by atoms with E-state index in [2.05, 4.69) is 0 Å². The number of nitrogens with zero attached hydrogens (tertiary/aromatic N) is 1. The van der Waals surface area contributed by atoms with Crippen molar-refractivity contribution in [1.29, 1.82) is 0 Å². The van der Waals surface area contributed by atoms with E-state index in [1.807, 2.05) is 43.3 Å². The second-order valence-corrected chi connectivity index (χ2v) is 6.37. The summed E-state index contributed by atoms with van der Waals surface area (Å²) >= 11 is 0. The number of methoxy groups -OCH3 is 1. The van der Waals surface area contributed by atoms with Crippen molar-refractivity contribution in [2.75, 3.05) is 13.7 Å². The van der Waals surface area contributed by atoms with E-state index in [4.69, 9.17) is 14.2 Å². The minimum absolute atomic E-state index is 0.0185. The maximum atomic E-state index is 11.8. The number of hydrogen-bond acceptors (Lipinski definition) is 5. The first kappa shape index (κ1) is 17.9. The van der Waals surface area contributed by atoms with Crippen LogP contribution in [0.25, 0.3) is 16.8 Å². The first-order valence-corrected chi connectivity index (χ1v) is 8.97. The Bertz CT molecular complexity index is 1090. The van der Waals surface area contributed by atoms with Gasteiger partial charge in [-0.2, -0.15) is 0 Å². The fourth-order valence-electron chi connectivity index (χ4n) is 3.45. The van der Waals surface area contributed by atoms with Crippen LogP contribution < -0.4 is 14.2 Å². The SMILES string of the molecule is CCOc1ccc([C@H]2Oc3ccc4ccccc4c3C=C2[N+](=O)[O-])cc1OC. The predicted octanol–water partition coefficient (Wildman–Crippen LogP) is 5.00. The highest BCUT2D eigenvalue weighted by Gasteiger charge is 2.34. The quantitative estimate of drug-likeness (QED) is 0.462. The molecule has 28 heavy (non-hydrogen) atoms. The maximum absolute atomic E-state index is 11.8. The molecule has 0 amide bonds. The Balaban J connectivity index is 1.83. The first-order chi connectivity index (χ1) is 13.6. The lowest BCUT2D eigenvalue weighted by Crippen LogP contribution is -2.20. The lowest BCUT2D eigenvalue weighted by Gasteiger charge is -2.24. The Morgan fingerprint density at radius 2 is 1.93 bits per heavy atom. The molecule has 3 aromatic rings. The Morgan fingerprint density at radius 3 is 2.68 bits per heavy atom. The highest BCUT2D eigenvalue weighted by atomic mass is 16.6. The minimum atomic E-state index is -0.840. The van der Waals surface area contributed by atoms with Crippen LogP contribution in [-0.2, 0) is 0 Å². The van der Waals surface area contributed by atoms with E-state index >= 15 is 0 Å². The van der Waals surface area contributed by atoms with Gasteiger partial charge in [0.25, 0.3) is 5.70 Å². The summed E-state index contributed by atoms with van der Waals surface area (Å²) in [5.74, 6) is 1.71. The Kier molecular flexibility index (Phi) is 4.61. The van der Waals surface area contributed by atoms with Crippen molar-refractivity contribution in [2.45, 2.75) is 13.0 Å². The second-order valence-electron chi connectivity index (χ2n) is 6.37. The van der Waals surface area contributed by atoms with Crippen molar-refractivity contribution in [3.8, 4) is 17.2 Å². The number of nitro groups is 1. The number of fused-ring (bicyclic) bond motifs is 3. The third-order valence-electron chi connectivity index (χ3n) is 4.74. The summed E-state index contributed by atoms with van der Waals surface area (Å²) in [5, 5.41) is 13.7. The molecule has 1 aliphatic rings. The molecule has 1 heterocycles. The zero-order valence-corrected chi connectivity index (χ0v) is 15.5. The molecule has 6 heteroatoms. The summed E-state index contributed by atoms with van der Waals surface area (Å²) < 4.78 is 17.0. The maximum Gasteiger partial charge on any atom is 0.291 e. The van der Waals surface area contributed by atoms with Crippen LogP contribution in [0.2, 0.25) is 0 Å². The van der Waals surface area contributed by atoms with E-state index in [9.17, 15) is 10.1 Å². The zero-order valence-electron chi connectivity index (χ0n) is 15.5. The molecular weight excluding hydrogens is 358 g/mol. The van der Waals surface area contributed by atoms with Gasteiger partial charge in [-0.05, 0) is 35.9 Å². The summed E-state index contributed by atoms with van der Waals surface area (Å²) in [7, 11) is 1.54. The Labute approximate surface area is 162 Å². The molecule has 0 aliphatic carbocycles. The fourth-order valence-corrected chi connectivity index (χ4v) is 3.45. The molecule has 0 radical (unpaired) electrons. The minimum Gasteiger partial charge on any atom is -0.493 e. The van der Waals surface area contributed by atoms with E-state index in [-0.39, 0.29) is 5.70 Å². The summed E-state index contributed by atoms with van der Waals surface area (Å²) in [5.41, 5.74) is 1.33. The predicted molar refractivity (Wildman–Crippen MR) is 106 cm³/mol. The monoisotopic (exact) mass is 377 g/mol. The van der Waals surface area contributed by atoms with Gasteiger partial charge in [0.1, 0.15) is 5.75 Å². The number of benzene rings is 3. The molecule has 4 rings (SSSR count). The van der Waals surface area contributed by atoms with Crippen molar-refractivity contribution >= 4 is 16.8 Å². The van der Waals surface area contributed by atoms with Crippen LogP contribution in [0, 0.1) is 10.1 Å². The van der Waals surface area contributed by atoms with Gasteiger partial charge in [-0.1, -0.05) is 36.4 Å². The fraction of sp³-hybridized carbons (Fsp3) is 0.182. The number of rotatable bonds is 5. The van der Waals surface area contributed by atoms with Crippen LogP contribution in [0.3, 0.4) is 0 Å². The van der Waals surface area contributed by atoms with Gasteiger partial charge in [0.15, 0.2) is 11.5 Å². The van der Waals surface area contributed by atoms with Gasteiger partial charge < -0.3 is 14.2 Å². The van der Waals surface area contributed by atoms with E-state index < -0.39 is 11.0 Å². The standard InChI is InChI=1S/C22H19NO5/c1-3-27-20-11-9-15(12-21(20)26-2)22-18(23(24)25)13-17-16-7-5-4-6-14(16)8-10-19(17)28-22/h4-13,22H,3H2,1-2H3/t22-/m1/s1. The molecular formula is C22H19NO5. The molecule has 6 nitrogen and oxygen atoms in total. The molecule has 142 valence electrons. The molecule has 0 bridgehead atoms. The molecule has 0 fully saturated rings.